The average Bonchev–Trinajstić information content (AvgIpc) is 2.27. The molecule has 1 heterocycles. The molecule has 0 aromatic rings. The van der Waals surface area contributed by atoms with Crippen LogP contribution in [0.15, 0.2) is 0 Å². The zero-order chi connectivity index (χ0) is 14.0. The standard InChI is InChI=1S/C13H28N2O2S/c1-6-12-8-14-13(4,7-2)10-15(12)11(3)9-18(5,16)17/h11-12,14H,6-10H2,1-5H3. The Labute approximate surface area is 112 Å². The van der Waals surface area contributed by atoms with E-state index in [2.05, 4.69) is 31.0 Å². The van der Waals surface area contributed by atoms with Crippen LogP contribution in [0.5, 0.6) is 0 Å². The molecule has 3 atom stereocenters. The highest BCUT2D eigenvalue weighted by atomic mass is 32.2. The van der Waals surface area contributed by atoms with Crippen LogP contribution in [0.4, 0.5) is 0 Å². The van der Waals surface area contributed by atoms with Gasteiger partial charge in [0.25, 0.3) is 0 Å². The van der Waals surface area contributed by atoms with Crippen molar-refractivity contribution in [3.8, 4) is 0 Å². The van der Waals surface area contributed by atoms with Gasteiger partial charge in [-0.1, -0.05) is 13.8 Å². The number of hydrogen-bond acceptors (Lipinski definition) is 4. The first-order chi connectivity index (χ1) is 8.21. The highest BCUT2D eigenvalue weighted by Gasteiger charge is 2.36. The van der Waals surface area contributed by atoms with Crippen molar-refractivity contribution in [2.75, 3.05) is 25.1 Å². The Balaban J connectivity index is 2.80. The van der Waals surface area contributed by atoms with Crippen LogP contribution >= 0.6 is 0 Å². The van der Waals surface area contributed by atoms with Crippen LogP contribution < -0.4 is 5.32 Å². The Bertz CT molecular complexity index is 369. The first kappa shape index (κ1) is 15.9. The molecule has 108 valence electrons. The molecule has 0 aromatic carbocycles. The highest BCUT2D eigenvalue weighted by molar-refractivity contribution is 7.90. The SMILES string of the molecule is CCC1CNC(C)(CC)CN1C(C)CS(C)(=O)=O. The van der Waals surface area contributed by atoms with E-state index in [4.69, 9.17) is 0 Å². The van der Waals surface area contributed by atoms with Crippen molar-refractivity contribution in [1.29, 1.82) is 0 Å². The molecule has 1 aliphatic heterocycles. The van der Waals surface area contributed by atoms with Crippen molar-refractivity contribution in [3.63, 3.8) is 0 Å². The predicted octanol–water partition coefficient (Wildman–Crippen LogP) is 1.27. The predicted molar refractivity (Wildman–Crippen MR) is 76.7 cm³/mol. The monoisotopic (exact) mass is 276 g/mol. The molecule has 0 saturated carbocycles. The van der Waals surface area contributed by atoms with E-state index in [1.54, 1.807) is 0 Å². The Kier molecular flexibility index (Phi) is 5.21. The van der Waals surface area contributed by atoms with Gasteiger partial charge < -0.3 is 5.32 Å². The number of rotatable bonds is 5. The van der Waals surface area contributed by atoms with E-state index in [0.717, 1.165) is 25.9 Å². The van der Waals surface area contributed by atoms with Gasteiger partial charge in [-0.3, -0.25) is 4.90 Å². The van der Waals surface area contributed by atoms with Gasteiger partial charge >= 0.3 is 0 Å². The summed E-state index contributed by atoms with van der Waals surface area (Å²) >= 11 is 0. The number of hydrogen-bond donors (Lipinski definition) is 1. The maximum absolute atomic E-state index is 11.5. The fourth-order valence-corrected chi connectivity index (χ4v) is 3.80. The molecule has 5 heteroatoms. The molecule has 1 N–H and O–H groups in total. The van der Waals surface area contributed by atoms with Gasteiger partial charge in [-0.05, 0) is 26.7 Å². The minimum atomic E-state index is -2.91. The van der Waals surface area contributed by atoms with Crippen LogP contribution in [0.1, 0.15) is 40.5 Å². The van der Waals surface area contributed by atoms with Gasteiger partial charge in [0.1, 0.15) is 9.84 Å². The third-order valence-electron chi connectivity index (χ3n) is 4.13. The largest absolute Gasteiger partial charge is 0.309 e. The Morgan fingerprint density at radius 1 is 1.44 bits per heavy atom. The fraction of sp³-hybridized carbons (Fsp3) is 1.00. The van der Waals surface area contributed by atoms with Gasteiger partial charge in [0.15, 0.2) is 0 Å². The van der Waals surface area contributed by atoms with E-state index >= 15 is 0 Å². The molecule has 4 nitrogen and oxygen atoms in total. The molecule has 0 aliphatic carbocycles. The summed E-state index contributed by atoms with van der Waals surface area (Å²) in [6, 6.07) is 0.541. The summed E-state index contributed by atoms with van der Waals surface area (Å²) in [6.45, 7) is 10.5. The lowest BCUT2D eigenvalue weighted by atomic mass is 9.92. The van der Waals surface area contributed by atoms with E-state index in [9.17, 15) is 8.42 Å². The maximum Gasteiger partial charge on any atom is 0.148 e. The Hall–Kier alpha value is -0.130. The van der Waals surface area contributed by atoms with Crippen molar-refractivity contribution in [1.82, 2.24) is 10.2 Å². The summed E-state index contributed by atoms with van der Waals surface area (Å²) < 4.78 is 22.9. The summed E-state index contributed by atoms with van der Waals surface area (Å²) in [4.78, 5) is 2.38. The van der Waals surface area contributed by atoms with Crippen LogP contribution in [-0.4, -0.2) is 56.0 Å². The van der Waals surface area contributed by atoms with E-state index in [0.29, 0.717) is 6.04 Å². The first-order valence-electron chi connectivity index (χ1n) is 6.89. The molecule has 1 fully saturated rings. The zero-order valence-corrected chi connectivity index (χ0v) is 13.2. The fourth-order valence-electron chi connectivity index (χ4n) is 2.73. The Morgan fingerprint density at radius 3 is 2.50 bits per heavy atom. The van der Waals surface area contributed by atoms with E-state index in [1.165, 1.54) is 6.26 Å². The molecule has 18 heavy (non-hydrogen) atoms. The highest BCUT2D eigenvalue weighted by Crippen LogP contribution is 2.22. The van der Waals surface area contributed by atoms with Crippen LogP contribution in [0.3, 0.4) is 0 Å². The van der Waals surface area contributed by atoms with E-state index < -0.39 is 9.84 Å². The van der Waals surface area contributed by atoms with Crippen molar-refractivity contribution in [2.24, 2.45) is 0 Å². The quantitative estimate of drug-likeness (QED) is 0.821. The van der Waals surface area contributed by atoms with Crippen LogP contribution in [0.2, 0.25) is 0 Å². The Morgan fingerprint density at radius 2 is 2.06 bits per heavy atom. The van der Waals surface area contributed by atoms with Crippen LogP contribution in [0.25, 0.3) is 0 Å². The molecule has 0 aromatic heterocycles. The summed E-state index contributed by atoms with van der Waals surface area (Å²) in [5.74, 6) is 0.253. The first-order valence-corrected chi connectivity index (χ1v) is 8.95. The summed E-state index contributed by atoms with van der Waals surface area (Å²) in [6.07, 6.45) is 3.44. The lowest BCUT2D eigenvalue weighted by Crippen LogP contribution is -2.65. The third kappa shape index (κ3) is 4.21. The molecule has 1 rings (SSSR count). The van der Waals surface area contributed by atoms with Gasteiger partial charge in [0.2, 0.25) is 0 Å². The second-order valence-corrected chi connectivity index (χ2v) is 8.16. The molecular formula is C13H28N2O2S. The molecule has 0 bridgehead atoms. The number of nitrogens with one attached hydrogen (secondary N) is 1. The van der Waals surface area contributed by atoms with Crippen molar-refractivity contribution in [2.45, 2.75) is 58.2 Å². The van der Waals surface area contributed by atoms with Gasteiger partial charge in [-0.2, -0.15) is 0 Å². The van der Waals surface area contributed by atoms with Gasteiger partial charge in [0, 0.05) is 37.0 Å². The number of nitrogens with zero attached hydrogens (tertiary/aromatic N) is 1. The number of piperazine rings is 1. The minimum absolute atomic E-state index is 0.0953. The minimum Gasteiger partial charge on any atom is -0.309 e. The van der Waals surface area contributed by atoms with Crippen LogP contribution in [0, 0.1) is 0 Å². The van der Waals surface area contributed by atoms with Crippen LogP contribution in [-0.2, 0) is 9.84 Å². The summed E-state index contributed by atoms with van der Waals surface area (Å²) in [7, 11) is -2.91. The molecule has 0 amide bonds. The summed E-state index contributed by atoms with van der Waals surface area (Å²) in [5.41, 5.74) is 0.109. The number of sulfone groups is 1. The van der Waals surface area contributed by atoms with Crippen molar-refractivity contribution in [3.05, 3.63) is 0 Å². The lowest BCUT2D eigenvalue weighted by molar-refractivity contribution is 0.0571. The van der Waals surface area contributed by atoms with Gasteiger partial charge in [-0.25, -0.2) is 8.42 Å². The topological polar surface area (TPSA) is 49.4 Å². The zero-order valence-electron chi connectivity index (χ0n) is 12.4. The normalized spacial score (nSPS) is 32.4. The van der Waals surface area contributed by atoms with Crippen molar-refractivity contribution >= 4 is 9.84 Å². The van der Waals surface area contributed by atoms with E-state index in [1.807, 2.05) is 6.92 Å². The molecule has 3 unspecified atom stereocenters. The smallest absolute Gasteiger partial charge is 0.148 e. The molecule has 0 radical (unpaired) electrons. The van der Waals surface area contributed by atoms with Gasteiger partial charge in [-0.15, -0.1) is 0 Å². The lowest BCUT2D eigenvalue weighted by Gasteiger charge is -2.48. The molecular weight excluding hydrogens is 248 g/mol. The summed E-state index contributed by atoms with van der Waals surface area (Å²) in [5, 5.41) is 3.60. The second kappa shape index (κ2) is 5.88. The third-order valence-corrected chi connectivity index (χ3v) is 5.21. The van der Waals surface area contributed by atoms with Gasteiger partial charge in [0.05, 0.1) is 5.75 Å². The molecule has 0 spiro atoms. The average molecular weight is 276 g/mol. The molecule has 1 saturated heterocycles. The van der Waals surface area contributed by atoms with E-state index in [-0.39, 0.29) is 17.3 Å². The molecule has 1 aliphatic rings. The second-order valence-electron chi connectivity index (χ2n) is 5.97. The van der Waals surface area contributed by atoms with Crippen molar-refractivity contribution < 1.29 is 8.42 Å². The maximum atomic E-state index is 11.5.